The zero-order chi connectivity index (χ0) is 15.1. The maximum atomic E-state index is 6.26. The molecule has 5 heteroatoms. The van der Waals surface area contributed by atoms with E-state index in [1.54, 1.807) is 0 Å². The minimum atomic E-state index is 0.297. The first kappa shape index (κ1) is 16.4. The summed E-state index contributed by atoms with van der Waals surface area (Å²) in [5, 5.41) is 4.01. The second-order valence-electron chi connectivity index (χ2n) is 5.41. The van der Waals surface area contributed by atoms with Crippen molar-refractivity contribution in [3.8, 4) is 11.5 Å². The van der Waals surface area contributed by atoms with Crippen molar-refractivity contribution in [2.75, 3.05) is 26.4 Å². The molecule has 4 nitrogen and oxygen atoms in total. The fourth-order valence-corrected chi connectivity index (χ4v) is 2.42. The number of nitrogens with one attached hydrogen (secondary N) is 1. The molecule has 0 saturated carbocycles. The van der Waals surface area contributed by atoms with E-state index in [0.717, 1.165) is 43.9 Å². The summed E-state index contributed by atoms with van der Waals surface area (Å²) in [6, 6.07) is 3.94. The lowest BCUT2D eigenvalue weighted by molar-refractivity contribution is 0.0770. The molecule has 1 heterocycles. The molecule has 0 radical (unpaired) electrons. The highest BCUT2D eigenvalue weighted by atomic mass is 35.5. The number of benzene rings is 1. The third kappa shape index (κ3) is 5.38. The summed E-state index contributed by atoms with van der Waals surface area (Å²) in [5.41, 5.74) is 1.11. The Morgan fingerprint density at radius 3 is 2.90 bits per heavy atom. The summed E-state index contributed by atoms with van der Waals surface area (Å²) >= 11 is 6.26. The summed E-state index contributed by atoms with van der Waals surface area (Å²) in [6.45, 7) is 7.89. The molecule has 1 aliphatic rings. The van der Waals surface area contributed by atoms with E-state index in [9.17, 15) is 0 Å². The minimum absolute atomic E-state index is 0.297. The fraction of sp³-hybridized carbons (Fsp3) is 0.625. The van der Waals surface area contributed by atoms with E-state index < -0.39 is 0 Å². The van der Waals surface area contributed by atoms with Crippen LogP contribution in [0.3, 0.4) is 0 Å². The molecule has 0 amide bonds. The third-order valence-electron chi connectivity index (χ3n) is 3.14. The Balaban J connectivity index is 1.81. The fourth-order valence-electron chi connectivity index (χ4n) is 2.14. The SMILES string of the molecule is CC(C)OCCCNCc1cc(Cl)c2c(c1)OCCCO2. The second-order valence-corrected chi connectivity index (χ2v) is 5.81. The molecule has 0 aliphatic carbocycles. The van der Waals surface area contributed by atoms with Crippen LogP contribution in [0.15, 0.2) is 12.1 Å². The Morgan fingerprint density at radius 2 is 2.10 bits per heavy atom. The van der Waals surface area contributed by atoms with Gasteiger partial charge in [-0.2, -0.15) is 0 Å². The van der Waals surface area contributed by atoms with Gasteiger partial charge in [-0.1, -0.05) is 11.6 Å². The van der Waals surface area contributed by atoms with Crippen molar-refractivity contribution < 1.29 is 14.2 Å². The van der Waals surface area contributed by atoms with Gasteiger partial charge in [-0.15, -0.1) is 0 Å². The Hall–Kier alpha value is -0.970. The monoisotopic (exact) mass is 313 g/mol. The highest BCUT2D eigenvalue weighted by Crippen LogP contribution is 2.37. The smallest absolute Gasteiger partial charge is 0.179 e. The van der Waals surface area contributed by atoms with Crippen molar-refractivity contribution in [2.45, 2.75) is 39.3 Å². The number of ether oxygens (including phenoxy) is 3. The molecule has 0 unspecified atom stereocenters. The van der Waals surface area contributed by atoms with Crippen LogP contribution in [0, 0.1) is 0 Å². The molecule has 0 bridgehead atoms. The van der Waals surface area contributed by atoms with Gasteiger partial charge in [0.1, 0.15) is 0 Å². The number of halogens is 1. The average Bonchev–Trinajstić information content (AvgIpc) is 2.68. The summed E-state index contributed by atoms with van der Waals surface area (Å²) in [4.78, 5) is 0. The van der Waals surface area contributed by atoms with Crippen molar-refractivity contribution in [3.63, 3.8) is 0 Å². The zero-order valence-corrected chi connectivity index (χ0v) is 13.5. The summed E-state index contributed by atoms with van der Waals surface area (Å²) in [5.74, 6) is 1.42. The molecule has 1 aromatic carbocycles. The second kappa shape index (κ2) is 8.47. The van der Waals surface area contributed by atoms with Crippen LogP contribution in [0.4, 0.5) is 0 Å². The van der Waals surface area contributed by atoms with Crippen LogP contribution in [0.2, 0.25) is 5.02 Å². The minimum Gasteiger partial charge on any atom is -0.489 e. The van der Waals surface area contributed by atoms with Crippen LogP contribution in [-0.4, -0.2) is 32.5 Å². The van der Waals surface area contributed by atoms with E-state index in [-0.39, 0.29) is 0 Å². The maximum absolute atomic E-state index is 6.26. The molecule has 1 N–H and O–H groups in total. The van der Waals surface area contributed by atoms with Crippen LogP contribution in [0.1, 0.15) is 32.3 Å². The van der Waals surface area contributed by atoms with Gasteiger partial charge in [0.2, 0.25) is 0 Å². The molecule has 2 rings (SSSR count). The lowest BCUT2D eigenvalue weighted by atomic mass is 10.2. The van der Waals surface area contributed by atoms with Crippen molar-refractivity contribution in [2.24, 2.45) is 0 Å². The predicted octanol–water partition coefficient (Wildman–Crippen LogP) is 3.41. The first-order valence-electron chi connectivity index (χ1n) is 7.57. The van der Waals surface area contributed by atoms with E-state index in [1.807, 2.05) is 26.0 Å². The lowest BCUT2D eigenvalue weighted by Gasteiger charge is -2.12. The van der Waals surface area contributed by atoms with Gasteiger partial charge in [-0.3, -0.25) is 0 Å². The van der Waals surface area contributed by atoms with Crippen LogP contribution >= 0.6 is 11.6 Å². The number of rotatable bonds is 7. The van der Waals surface area contributed by atoms with Gasteiger partial charge in [0, 0.05) is 19.6 Å². The quantitative estimate of drug-likeness (QED) is 0.783. The van der Waals surface area contributed by atoms with Crippen LogP contribution in [0.5, 0.6) is 11.5 Å². The molecule has 1 aliphatic heterocycles. The Kier molecular flexibility index (Phi) is 6.61. The third-order valence-corrected chi connectivity index (χ3v) is 3.42. The Labute approximate surface area is 131 Å². The molecular weight excluding hydrogens is 290 g/mol. The molecule has 0 fully saturated rings. The molecular formula is C16H24ClNO3. The summed E-state index contributed by atoms with van der Waals surface area (Å²) in [6.07, 6.45) is 2.18. The normalized spacial score (nSPS) is 14.3. The van der Waals surface area contributed by atoms with Crippen LogP contribution < -0.4 is 14.8 Å². The Bertz CT molecular complexity index is 451. The number of fused-ring (bicyclic) bond motifs is 1. The largest absolute Gasteiger partial charge is 0.489 e. The van der Waals surface area contributed by atoms with Crippen molar-refractivity contribution >= 4 is 11.6 Å². The number of hydrogen-bond donors (Lipinski definition) is 1. The topological polar surface area (TPSA) is 39.7 Å². The highest BCUT2D eigenvalue weighted by molar-refractivity contribution is 6.32. The zero-order valence-electron chi connectivity index (χ0n) is 12.8. The van der Waals surface area contributed by atoms with Gasteiger partial charge in [0.15, 0.2) is 11.5 Å². The van der Waals surface area contributed by atoms with Crippen molar-refractivity contribution in [3.05, 3.63) is 22.7 Å². The van der Waals surface area contributed by atoms with Crippen LogP contribution in [0.25, 0.3) is 0 Å². The van der Waals surface area contributed by atoms with E-state index in [2.05, 4.69) is 5.32 Å². The van der Waals surface area contributed by atoms with E-state index in [4.69, 9.17) is 25.8 Å². The first-order chi connectivity index (χ1) is 10.2. The van der Waals surface area contributed by atoms with Crippen molar-refractivity contribution in [1.29, 1.82) is 0 Å². The van der Waals surface area contributed by atoms with Gasteiger partial charge in [0.25, 0.3) is 0 Å². The van der Waals surface area contributed by atoms with E-state index in [1.165, 1.54) is 0 Å². The molecule has 21 heavy (non-hydrogen) atoms. The van der Waals surface area contributed by atoms with Crippen LogP contribution in [-0.2, 0) is 11.3 Å². The van der Waals surface area contributed by atoms with E-state index in [0.29, 0.717) is 30.1 Å². The first-order valence-corrected chi connectivity index (χ1v) is 7.95. The predicted molar refractivity (Wildman–Crippen MR) is 84.5 cm³/mol. The van der Waals surface area contributed by atoms with Crippen molar-refractivity contribution in [1.82, 2.24) is 5.32 Å². The molecule has 0 spiro atoms. The summed E-state index contributed by atoms with van der Waals surface area (Å²) in [7, 11) is 0. The molecule has 0 saturated heterocycles. The lowest BCUT2D eigenvalue weighted by Crippen LogP contribution is -2.17. The van der Waals surface area contributed by atoms with Gasteiger partial charge in [0.05, 0.1) is 24.3 Å². The molecule has 1 aromatic rings. The molecule has 0 aromatic heterocycles. The molecule has 118 valence electrons. The van der Waals surface area contributed by atoms with Gasteiger partial charge in [-0.25, -0.2) is 0 Å². The highest BCUT2D eigenvalue weighted by Gasteiger charge is 2.15. The van der Waals surface area contributed by atoms with Gasteiger partial charge >= 0.3 is 0 Å². The van der Waals surface area contributed by atoms with E-state index >= 15 is 0 Å². The Morgan fingerprint density at radius 1 is 1.29 bits per heavy atom. The average molecular weight is 314 g/mol. The standard InChI is InChI=1S/C16H24ClNO3/c1-12(2)19-6-3-5-18-11-13-9-14(17)16-15(10-13)20-7-4-8-21-16/h9-10,12,18H,3-8,11H2,1-2H3. The summed E-state index contributed by atoms with van der Waals surface area (Å²) < 4.78 is 16.8. The maximum Gasteiger partial charge on any atom is 0.179 e. The van der Waals surface area contributed by atoms with Gasteiger partial charge < -0.3 is 19.5 Å². The number of hydrogen-bond acceptors (Lipinski definition) is 4. The van der Waals surface area contributed by atoms with Gasteiger partial charge in [-0.05, 0) is 44.5 Å². The molecule has 0 atom stereocenters.